The molecule has 1 atom stereocenters. The van der Waals surface area contributed by atoms with Crippen LogP contribution in [0, 0.1) is 13.8 Å². The van der Waals surface area contributed by atoms with Crippen LogP contribution >= 0.6 is 34.5 Å². The second kappa shape index (κ2) is 7.36. The van der Waals surface area contributed by atoms with E-state index in [4.69, 9.17) is 27.9 Å². The second-order valence-electron chi connectivity index (χ2n) is 4.99. The van der Waals surface area contributed by atoms with Gasteiger partial charge in [0.1, 0.15) is 5.75 Å². The molecule has 0 spiro atoms. The maximum absolute atomic E-state index is 12.1. The first-order valence-electron chi connectivity index (χ1n) is 6.81. The van der Waals surface area contributed by atoms with E-state index in [1.54, 1.807) is 36.5 Å². The number of halogens is 2. The average molecular weight is 358 g/mol. The molecule has 0 radical (unpaired) electrons. The Hall–Kier alpha value is -1.23. The zero-order chi connectivity index (χ0) is 16.3. The molecular weight excluding hydrogens is 341 g/mol. The number of carbonyl (C=O) groups is 1. The number of aryl methyl sites for hydroxylation is 1. The normalized spacial score (nSPS) is 12.0. The van der Waals surface area contributed by atoms with Crippen molar-refractivity contribution in [3.63, 3.8) is 0 Å². The van der Waals surface area contributed by atoms with E-state index in [-0.39, 0.29) is 5.91 Å². The molecule has 2 aromatic rings. The molecule has 1 aromatic carbocycles. The number of rotatable bonds is 5. The zero-order valence-corrected chi connectivity index (χ0v) is 14.9. The van der Waals surface area contributed by atoms with E-state index in [2.05, 4.69) is 24.5 Å². The first-order chi connectivity index (χ1) is 10.4. The number of thiophene rings is 1. The van der Waals surface area contributed by atoms with Gasteiger partial charge in [-0.3, -0.25) is 4.79 Å². The van der Waals surface area contributed by atoms with Crippen molar-refractivity contribution in [3.05, 3.63) is 49.6 Å². The van der Waals surface area contributed by atoms with Crippen LogP contribution < -0.4 is 10.1 Å². The summed E-state index contributed by atoms with van der Waals surface area (Å²) in [5.41, 5.74) is 2.35. The van der Waals surface area contributed by atoms with Crippen LogP contribution in [0.4, 0.5) is 0 Å². The lowest BCUT2D eigenvalue weighted by atomic mass is 10.2. The Kier molecular flexibility index (Phi) is 5.73. The monoisotopic (exact) mass is 357 g/mol. The maximum Gasteiger partial charge on any atom is 0.261 e. The van der Waals surface area contributed by atoms with E-state index in [1.807, 2.05) is 0 Å². The van der Waals surface area contributed by atoms with Gasteiger partial charge in [0.05, 0.1) is 5.02 Å². The van der Waals surface area contributed by atoms with Gasteiger partial charge in [0.2, 0.25) is 0 Å². The van der Waals surface area contributed by atoms with Crippen LogP contribution in [0.15, 0.2) is 23.6 Å². The third-order valence-corrected chi connectivity index (χ3v) is 5.00. The molecule has 1 N–H and O–H groups in total. The van der Waals surface area contributed by atoms with Crippen molar-refractivity contribution in [3.8, 4) is 5.75 Å². The number of hydrogen-bond donors (Lipinski definition) is 1. The Morgan fingerprint density at radius 3 is 2.68 bits per heavy atom. The summed E-state index contributed by atoms with van der Waals surface area (Å²) in [6.07, 6.45) is -0.640. The van der Waals surface area contributed by atoms with Gasteiger partial charge in [0, 0.05) is 16.4 Å². The molecule has 1 aromatic heterocycles. The Labute approximate surface area is 144 Å². The second-order valence-corrected chi connectivity index (χ2v) is 6.92. The molecule has 22 heavy (non-hydrogen) atoms. The van der Waals surface area contributed by atoms with Crippen LogP contribution in [0.2, 0.25) is 10.0 Å². The van der Waals surface area contributed by atoms with E-state index in [0.29, 0.717) is 22.3 Å². The van der Waals surface area contributed by atoms with E-state index in [0.717, 1.165) is 5.56 Å². The first kappa shape index (κ1) is 17.1. The highest BCUT2D eigenvalue weighted by Gasteiger charge is 2.16. The lowest BCUT2D eigenvalue weighted by Gasteiger charge is -2.15. The summed E-state index contributed by atoms with van der Waals surface area (Å²) in [4.78, 5) is 13.4. The van der Waals surface area contributed by atoms with Gasteiger partial charge in [0.25, 0.3) is 5.91 Å². The highest BCUT2D eigenvalue weighted by molar-refractivity contribution is 7.10. The Bertz CT molecular complexity index is 685. The van der Waals surface area contributed by atoms with Gasteiger partial charge >= 0.3 is 0 Å². The maximum atomic E-state index is 12.1. The summed E-state index contributed by atoms with van der Waals surface area (Å²) in [7, 11) is 0. The molecule has 0 aliphatic rings. The van der Waals surface area contributed by atoms with Crippen molar-refractivity contribution >= 4 is 40.4 Å². The van der Waals surface area contributed by atoms with Crippen LogP contribution in [0.5, 0.6) is 5.75 Å². The third-order valence-electron chi connectivity index (χ3n) is 3.41. The fraction of sp³-hybridized carbons (Fsp3) is 0.312. The molecule has 0 aliphatic heterocycles. The van der Waals surface area contributed by atoms with Gasteiger partial charge in [-0.15, -0.1) is 11.3 Å². The van der Waals surface area contributed by atoms with Crippen molar-refractivity contribution < 1.29 is 9.53 Å². The number of nitrogens with one attached hydrogen (secondary N) is 1. The van der Waals surface area contributed by atoms with Gasteiger partial charge in [-0.25, -0.2) is 0 Å². The van der Waals surface area contributed by atoms with Gasteiger partial charge in [-0.05, 0) is 55.5 Å². The topological polar surface area (TPSA) is 38.3 Å². The smallest absolute Gasteiger partial charge is 0.261 e. The molecule has 1 unspecified atom stereocenters. The van der Waals surface area contributed by atoms with Crippen LogP contribution in [0.1, 0.15) is 22.9 Å². The highest BCUT2D eigenvalue weighted by Crippen LogP contribution is 2.28. The fourth-order valence-electron chi connectivity index (χ4n) is 1.88. The molecule has 0 bridgehead atoms. The van der Waals surface area contributed by atoms with Crippen molar-refractivity contribution in [2.24, 2.45) is 0 Å². The van der Waals surface area contributed by atoms with Crippen LogP contribution in [-0.4, -0.2) is 12.0 Å². The molecular formula is C16H17Cl2NO2S. The van der Waals surface area contributed by atoms with Crippen LogP contribution in [0.3, 0.4) is 0 Å². The molecule has 3 nitrogen and oxygen atoms in total. The van der Waals surface area contributed by atoms with Gasteiger partial charge in [-0.2, -0.15) is 0 Å². The fourth-order valence-corrected chi connectivity index (χ4v) is 3.22. The van der Waals surface area contributed by atoms with E-state index >= 15 is 0 Å². The van der Waals surface area contributed by atoms with E-state index in [1.165, 1.54) is 10.4 Å². The minimum Gasteiger partial charge on any atom is -0.479 e. The Morgan fingerprint density at radius 1 is 1.36 bits per heavy atom. The quantitative estimate of drug-likeness (QED) is 0.837. The van der Waals surface area contributed by atoms with Gasteiger partial charge < -0.3 is 10.1 Å². The van der Waals surface area contributed by atoms with Crippen LogP contribution in [0.25, 0.3) is 0 Å². The van der Waals surface area contributed by atoms with Crippen molar-refractivity contribution in [1.82, 2.24) is 5.32 Å². The van der Waals surface area contributed by atoms with E-state index < -0.39 is 6.10 Å². The molecule has 1 amide bonds. The Balaban J connectivity index is 1.93. The molecule has 1 heterocycles. The summed E-state index contributed by atoms with van der Waals surface area (Å²) >= 11 is 13.6. The number of amides is 1. The lowest BCUT2D eigenvalue weighted by molar-refractivity contribution is -0.127. The number of benzene rings is 1. The summed E-state index contributed by atoms with van der Waals surface area (Å²) in [6.45, 7) is 6.31. The van der Waals surface area contributed by atoms with Crippen molar-refractivity contribution in [2.45, 2.75) is 33.4 Å². The number of hydrogen-bond acceptors (Lipinski definition) is 3. The molecule has 6 heteroatoms. The summed E-state index contributed by atoms with van der Waals surface area (Å²) in [5, 5.41) is 5.85. The van der Waals surface area contributed by atoms with Gasteiger partial charge in [0.15, 0.2) is 6.10 Å². The molecule has 0 saturated heterocycles. The SMILES string of the molecule is Cc1scc(CNC(=O)C(C)Oc2ccc(Cl)cc2Cl)c1C. The average Bonchev–Trinajstić information content (AvgIpc) is 2.79. The summed E-state index contributed by atoms with van der Waals surface area (Å²) in [6, 6.07) is 4.91. The lowest BCUT2D eigenvalue weighted by Crippen LogP contribution is -2.36. The predicted octanol–water partition coefficient (Wildman–Crippen LogP) is 4.76. The van der Waals surface area contributed by atoms with Crippen molar-refractivity contribution in [1.29, 1.82) is 0 Å². The highest BCUT2D eigenvalue weighted by atomic mass is 35.5. The standard InChI is InChI=1S/C16H17Cl2NO2S/c1-9-11(3)22-8-12(9)7-19-16(20)10(2)21-15-5-4-13(17)6-14(15)18/h4-6,8,10H,7H2,1-3H3,(H,19,20). The molecule has 118 valence electrons. The first-order valence-corrected chi connectivity index (χ1v) is 8.45. The van der Waals surface area contributed by atoms with Gasteiger partial charge in [-0.1, -0.05) is 23.2 Å². The summed E-state index contributed by atoms with van der Waals surface area (Å²) in [5.74, 6) is 0.255. The third kappa shape index (κ3) is 4.15. The number of carbonyl (C=O) groups excluding carboxylic acids is 1. The zero-order valence-electron chi connectivity index (χ0n) is 12.6. The minimum atomic E-state index is -0.640. The largest absolute Gasteiger partial charge is 0.479 e. The number of ether oxygens (including phenoxy) is 1. The molecule has 2 rings (SSSR count). The summed E-state index contributed by atoms with van der Waals surface area (Å²) < 4.78 is 5.59. The predicted molar refractivity (Wildman–Crippen MR) is 92.2 cm³/mol. The molecule has 0 fully saturated rings. The Morgan fingerprint density at radius 2 is 2.09 bits per heavy atom. The van der Waals surface area contributed by atoms with E-state index in [9.17, 15) is 4.79 Å². The van der Waals surface area contributed by atoms with Crippen LogP contribution in [-0.2, 0) is 11.3 Å². The molecule has 0 aliphatic carbocycles. The minimum absolute atomic E-state index is 0.186. The van der Waals surface area contributed by atoms with Crippen molar-refractivity contribution in [2.75, 3.05) is 0 Å². The molecule has 0 saturated carbocycles.